The molecule has 15 heavy (non-hydrogen) atoms. The van der Waals surface area contributed by atoms with Crippen LogP contribution in [0.15, 0.2) is 23.8 Å². The van der Waals surface area contributed by atoms with Crippen molar-refractivity contribution in [1.82, 2.24) is 0 Å². The lowest BCUT2D eigenvalue weighted by molar-refractivity contribution is -0.118. The molecule has 0 radical (unpaired) electrons. The average Bonchev–Trinajstić information content (AvgIpc) is 2.45. The molecule has 2 rings (SSSR count). The third kappa shape index (κ3) is 1.92. The van der Waals surface area contributed by atoms with E-state index in [1.54, 1.807) is 0 Å². The fourth-order valence-electron chi connectivity index (χ4n) is 2.94. The maximum atomic E-state index is 11.6. The van der Waals surface area contributed by atoms with E-state index in [1.807, 2.05) is 6.08 Å². The van der Waals surface area contributed by atoms with Crippen LogP contribution in [0.5, 0.6) is 0 Å². The first-order chi connectivity index (χ1) is 7.01. The minimum Gasteiger partial charge on any atom is -0.295 e. The van der Waals surface area contributed by atoms with E-state index in [-0.39, 0.29) is 0 Å². The Morgan fingerprint density at radius 3 is 2.93 bits per heavy atom. The van der Waals surface area contributed by atoms with Gasteiger partial charge >= 0.3 is 0 Å². The molecular formula is C14H20O. The topological polar surface area (TPSA) is 17.1 Å². The molecule has 0 spiro atoms. The van der Waals surface area contributed by atoms with E-state index in [9.17, 15) is 4.79 Å². The zero-order valence-electron chi connectivity index (χ0n) is 9.92. The van der Waals surface area contributed by atoms with Gasteiger partial charge in [-0.15, -0.1) is 0 Å². The quantitative estimate of drug-likeness (QED) is 0.629. The summed E-state index contributed by atoms with van der Waals surface area (Å²) in [5.41, 5.74) is 1.71. The van der Waals surface area contributed by atoms with Gasteiger partial charge in [0.15, 0.2) is 5.78 Å². The first-order valence-electron chi connectivity index (χ1n) is 5.87. The Morgan fingerprint density at radius 2 is 2.33 bits per heavy atom. The Morgan fingerprint density at radius 1 is 1.60 bits per heavy atom. The molecule has 82 valence electrons. The van der Waals surface area contributed by atoms with Crippen LogP contribution < -0.4 is 0 Å². The van der Waals surface area contributed by atoms with Crippen molar-refractivity contribution in [3.8, 4) is 0 Å². The van der Waals surface area contributed by atoms with Crippen LogP contribution >= 0.6 is 0 Å². The second-order valence-electron chi connectivity index (χ2n) is 5.64. The van der Waals surface area contributed by atoms with Crippen molar-refractivity contribution >= 4 is 5.78 Å². The predicted molar refractivity (Wildman–Crippen MR) is 62.5 cm³/mol. The molecular weight excluding hydrogens is 184 g/mol. The summed E-state index contributed by atoms with van der Waals surface area (Å²) in [5, 5.41) is 0. The molecule has 0 saturated heterocycles. The summed E-state index contributed by atoms with van der Waals surface area (Å²) in [7, 11) is 0. The molecule has 2 aliphatic carbocycles. The second-order valence-corrected chi connectivity index (χ2v) is 5.64. The lowest BCUT2D eigenvalue weighted by Gasteiger charge is -2.28. The van der Waals surface area contributed by atoms with Crippen LogP contribution in [0, 0.1) is 17.3 Å². The molecule has 1 saturated carbocycles. The first kappa shape index (κ1) is 10.7. The number of hydrogen-bond acceptors (Lipinski definition) is 1. The molecule has 0 aromatic rings. The van der Waals surface area contributed by atoms with Gasteiger partial charge in [0.05, 0.1) is 0 Å². The summed E-state index contributed by atoms with van der Waals surface area (Å²) in [6, 6.07) is 0. The van der Waals surface area contributed by atoms with Crippen molar-refractivity contribution in [2.45, 2.75) is 40.0 Å². The highest BCUT2D eigenvalue weighted by molar-refractivity contribution is 5.93. The van der Waals surface area contributed by atoms with Crippen LogP contribution in [-0.2, 0) is 4.79 Å². The average molecular weight is 204 g/mol. The molecule has 1 fully saturated rings. The largest absolute Gasteiger partial charge is 0.295 e. The van der Waals surface area contributed by atoms with Gasteiger partial charge in [-0.2, -0.15) is 0 Å². The van der Waals surface area contributed by atoms with Crippen LogP contribution in [0.3, 0.4) is 0 Å². The third-order valence-corrected chi connectivity index (χ3v) is 4.02. The SMILES string of the molecule is CC(C)=CC[C@]1(C)C[C@H]2C[C@@H]1C=CC2=O. The Bertz CT molecular complexity index is 333. The normalized spacial score (nSPS) is 38.2. The maximum absolute atomic E-state index is 11.6. The summed E-state index contributed by atoms with van der Waals surface area (Å²) in [6.07, 6.45) is 9.56. The maximum Gasteiger partial charge on any atom is 0.158 e. The second kappa shape index (κ2) is 3.62. The molecule has 0 amide bonds. The molecule has 0 N–H and O–H groups in total. The Hall–Kier alpha value is -0.850. The van der Waals surface area contributed by atoms with Gasteiger partial charge in [-0.1, -0.05) is 24.6 Å². The minimum absolute atomic E-state index is 0.315. The van der Waals surface area contributed by atoms with E-state index in [0.717, 1.165) is 19.3 Å². The van der Waals surface area contributed by atoms with Gasteiger partial charge in [0.2, 0.25) is 0 Å². The molecule has 2 aliphatic rings. The van der Waals surface area contributed by atoms with E-state index in [2.05, 4.69) is 32.9 Å². The van der Waals surface area contributed by atoms with E-state index >= 15 is 0 Å². The summed E-state index contributed by atoms with van der Waals surface area (Å²) < 4.78 is 0. The molecule has 0 aliphatic heterocycles. The van der Waals surface area contributed by atoms with Gasteiger partial charge in [-0.3, -0.25) is 4.79 Å². The van der Waals surface area contributed by atoms with E-state index in [4.69, 9.17) is 0 Å². The number of fused-ring (bicyclic) bond motifs is 2. The van der Waals surface area contributed by atoms with Crippen molar-refractivity contribution in [3.05, 3.63) is 23.8 Å². The van der Waals surface area contributed by atoms with E-state index < -0.39 is 0 Å². The summed E-state index contributed by atoms with van der Waals surface area (Å²) in [4.78, 5) is 11.6. The molecule has 0 aromatic heterocycles. The van der Waals surface area contributed by atoms with Crippen LogP contribution in [0.2, 0.25) is 0 Å². The standard InChI is InChI=1S/C14H20O/c1-10(2)6-7-14(3)9-11-8-12(14)4-5-13(11)15/h4-6,11-12H,7-9H2,1-3H3/t11-,12+,14-/m1/s1. The number of carbonyl (C=O) groups is 1. The van der Waals surface area contributed by atoms with Gasteiger partial charge in [0, 0.05) is 5.92 Å². The van der Waals surface area contributed by atoms with E-state index in [0.29, 0.717) is 23.0 Å². The first-order valence-corrected chi connectivity index (χ1v) is 5.87. The van der Waals surface area contributed by atoms with Crippen molar-refractivity contribution in [1.29, 1.82) is 0 Å². The van der Waals surface area contributed by atoms with Crippen molar-refractivity contribution < 1.29 is 4.79 Å². The Labute approximate surface area is 92.3 Å². The fraction of sp³-hybridized carbons (Fsp3) is 0.643. The highest BCUT2D eigenvalue weighted by Gasteiger charge is 2.45. The Kier molecular flexibility index (Phi) is 2.57. The summed E-state index contributed by atoms with van der Waals surface area (Å²) in [5.74, 6) is 1.29. The lowest BCUT2D eigenvalue weighted by atomic mass is 9.76. The molecule has 0 aromatic carbocycles. The number of rotatable bonds is 2. The lowest BCUT2D eigenvalue weighted by Crippen LogP contribution is -2.19. The highest BCUT2D eigenvalue weighted by atomic mass is 16.1. The molecule has 0 heterocycles. The third-order valence-electron chi connectivity index (χ3n) is 4.02. The van der Waals surface area contributed by atoms with Gasteiger partial charge in [0.1, 0.15) is 0 Å². The molecule has 1 heteroatoms. The van der Waals surface area contributed by atoms with Crippen molar-refractivity contribution in [3.63, 3.8) is 0 Å². The number of carbonyl (C=O) groups excluding carboxylic acids is 1. The zero-order valence-corrected chi connectivity index (χ0v) is 9.92. The molecule has 3 atom stereocenters. The van der Waals surface area contributed by atoms with Gasteiger partial charge in [-0.05, 0) is 50.5 Å². The van der Waals surface area contributed by atoms with Crippen LogP contribution in [-0.4, -0.2) is 5.78 Å². The number of ketones is 1. The fourth-order valence-corrected chi connectivity index (χ4v) is 2.94. The van der Waals surface area contributed by atoms with Crippen LogP contribution in [0.25, 0.3) is 0 Å². The van der Waals surface area contributed by atoms with Crippen LogP contribution in [0.1, 0.15) is 40.0 Å². The Balaban J connectivity index is 2.15. The van der Waals surface area contributed by atoms with Crippen LogP contribution in [0.4, 0.5) is 0 Å². The monoisotopic (exact) mass is 204 g/mol. The molecule has 0 unspecified atom stereocenters. The van der Waals surface area contributed by atoms with Crippen molar-refractivity contribution in [2.24, 2.45) is 17.3 Å². The smallest absolute Gasteiger partial charge is 0.158 e. The highest BCUT2D eigenvalue weighted by Crippen LogP contribution is 2.52. The predicted octanol–water partition coefficient (Wildman–Crippen LogP) is 3.51. The van der Waals surface area contributed by atoms with Gasteiger partial charge in [0.25, 0.3) is 0 Å². The number of hydrogen-bond donors (Lipinski definition) is 0. The number of allylic oxidation sites excluding steroid dienone is 4. The van der Waals surface area contributed by atoms with Gasteiger partial charge in [-0.25, -0.2) is 0 Å². The zero-order chi connectivity index (χ0) is 11.1. The molecule has 2 bridgehead atoms. The molecule has 1 nitrogen and oxygen atoms in total. The van der Waals surface area contributed by atoms with E-state index in [1.165, 1.54) is 5.57 Å². The minimum atomic E-state index is 0.315. The van der Waals surface area contributed by atoms with Gasteiger partial charge < -0.3 is 0 Å². The summed E-state index contributed by atoms with van der Waals surface area (Å²) in [6.45, 7) is 6.62. The summed E-state index contributed by atoms with van der Waals surface area (Å²) >= 11 is 0. The van der Waals surface area contributed by atoms with Crippen molar-refractivity contribution in [2.75, 3.05) is 0 Å².